The Labute approximate surface area is 221 Å². The molecule has 0 saturated carbocycles. The number of barbiturate groups is 1. The molecular formula is C27H22FIN2O5. The van der Waals surface area contributed by atoms with Crippen LogP contribution in [0.4, 0.5) is 14.9 Å². The van der Waals surface area contributed by atoms with Crippen molar-refractivity contribution in [3.8, 4) is 11.5 Å². The van der Waals surface area contributed by atoms with Crippen molar-refractivity contribution in [1.82, 2.24) is 5.32 Å². The van der Waals surface area contributed by atoms with Crippen molar-refractivity contribution in [3.63, 3.8) is 0 Å². The fourth-order valence-electron chi connectivity index (χ4n) is 3.77. The van der Waals surface area contributed by atoms with Crippen molar-refractivity contribution >= 4 is 52.2 Å². The number of amides is 4. The highest BCUT2D eigenvalue weighted by atomic mass is 127. The molecule has 1 aliphatic heterocycles. The topological polar surface area (TPSA) is 84.9 Å². The second kappa shape index (κ2) is 10.9. The summed E-state index contributed by atoms with van der Waals surface area (Å²) < 4.78 is 25.2. The van der Waals surface area contributed by atoms with Crippen molar-refractivity contribution in [2.45, 2.75) is 20.0 Å². The van der Waals surface area contributed by atoms with Crippen LogP contribution in [0.5, 0.6) is 11.5 Å². The number of hydrogen-bond acceptors (Lipinski definition) is 5. The smallest absolute Gasteiger partial charge is 0.335 e. The molecule has 0 bridgehead atoms. The lowest BCUT2D eigenvalue weighted by Crippen LogP contribution is -2.54. The lowest BCUT2D eigenvalue weighted by Gasteiger charge is -2.28. The van der Waals surface area contributed by atoms with E-state index in [2.05, 4.69) is 27.9 Å². The van der Waals surface area contributed by atoms with E-state index < -0.39 is 17.8 Å². The van der Waals surface area contributed by atoms with Gasteiger partial charge in [0.2, 0.25) is 0 Å². The number of anilines is 1. The van der Waals surface area contributed by atoms with Crippen LogP contribution in [0.25, 0.3) is 6.08 Å². The van der Waals surface area contributed by atoms with E-state index in [1.54, 1.807) is 36.4 Å². The van der Waals surface area contributed by atoms with E-state index in [-0.39, 0.29) is 18.0 Å². The molecule has 0 radical (unpaired) electrons. The Balaban J connectivity index is 1.65. The fraction of sp³-hybridized carbons (Fsp3) is 0.148. The zero-order valence-electron chi connectivity index (χ0n) is 19.5. The van der Waals surface area contributed by atoms with Gasteiger partial charge in [0.15, 0.2) is 11.5 Å². The Morgan fingerprint density at radius 1 is 1.06 bits per heavy atom. The quantitative estimate of drug-likeness (QED) is 0.228. The first-order valence-electron chi connectivity index (χ1n) is 11.1. The number of nitrogens with one attached hydrogen (secondary N) is 1. The molecule has 4 amide bonds. The van der Waals surface area contributed by atoms with Crippen LogP contribution in [0.2, 0.25) is 0 Å². The third kappa shape index (κ3) is 5.25. The number of benzene rings is 3. The number of carbonyl (C=O) groups is 3. The zero-order valence-corrected chi connectivity index (χ0v) is 21.7. The zero-order chi connectivity index (χ0) is 25.8. The molecule has 4 rings (SSSR count). The van der Waals surface area contributed by atoms with E-state index in [0.29, 0.717) is 32.7 Å². The van der Waals surface area contributed by atoms with Gasteiger partial charge < -0.3 is 9.47 Å². The first-order chi connectivity index (χ1) is 17.3. The highest BCUT2D eigenvalue weighted by molar-refractivity contribution is 14.1. The van der Waals surface area contributed by atoms with Gasteiger partial charge in [-0.3, -0.25) is 14.9 Å². The van der Waals surface area contributed by atoms with Crippen LogP contribution in [0.1, 0.15) is 23.6 Å². The summed E-state index contributed by atoms with van der Waals surface area (Å²) in [6.07, 6.45) is 2.02. The first kappa shape index (κ1) is 25.4. The lowest BCUT2D eigenvalue weighted by atomic mass is 10.0. The first-order valence-corrected chi connectivity index (χ1v) is 12.1. The highest BCUT2D eigenvalue weighted by Crippen LogP contribution is 2.36. The van der Waals surface area contributed by atoms with Crippen LogP contribution in [0.15, 0.2) is 66.2 Å². The normalized spacial score (nSPS) is 14.7. The number of carbonyl (C=O) groups excluding carboxylic acids is 3. The average molecular weight is 600 g/mol. The van der Waals surface area contributed by atoms with Crippen LogP contribution < -0.4 is 19.7 Å². The second-order valence-electron chi connectivity index (χ2n) is 7.89. The molecule has 0 unspecified atom stereocenters. The Morgan fingerprint density at radius 2 is 1.78 bits per heavy atom. The summed E-state index contributed by atoms with van der Waals surface area (Å²) >= 11 is 2.07. The largest absolute Gasteiger partial charge is 0.493 e. The maximum atomic E-state index is 13.3. The molecule has 0 atom stereocenters. The molecule has 1 aliphatic rings. The van der Waals surface area contributed by atoms with Gasteiger partial charge in [-0.15, -0.1) is 0 Å². The number of aryl methyl sites for hydroxylation is 1. The lowest BCUT2D eigenvalue weighted by molar-refractivity contribution is -0.122. The van der Waals surface area contributed by atoms with Crippen molar-refractivity contribution in [1.29, 1.82) is 0 Å². The number of para-hydroxylation sites is 1. The van der Waals surface area contributed by atoms with Gasteiger partial charge in [0.1, 0.15) is 18.0 Å². The minimum Gasteiger partial charge on any atom is -0.493 e. The number of rotatable bonds is 7. The monoisotopic (exact) mass is 600 g/mol. The minimum absolute atomic E-state index is 0.182. The summed E-state index contributed by atoms with van der Waals surface area (Å²) in [6, 6.07) is 15.6. The van der Waals surface area contributed by atoms with Gasteiger partial charge in [-0.05, 0) is 82.1 Å². The molecule has 3 aromatic rings. The summed E-state index contributed by atoms with van der Waals surface area (Å²) in [5, 5.41) is 2.25. The van der Waals surface area contributed by atoms with Gasteiger partial charge in [-0.2, -0.15) is 0 Å². The molecule has 9 heteroatoms. The predicted molar refractivity (Wildman–Crippen MR) is 141 cm³/mol. The van der Waals surface area contributed by atoms with Crippen LogP contribution in [-0.2, 0) is 22.6 Å². The molecule has 0 aliphatic carbocycles. The van der Waals surface area contributed by atoms with E-state index in [9.17, 15) is 18.8 Å². The number of methoxy groups -OCH3 is 1. The number of imide groups is 2. The molecule has 3 aromatic carbocycles. The van der Waals surface area contributed by atoms with E-state index in [1.165, 1.54) is 25.3 Å². The summed E-state index contributed by atoms with van der Waals surface area (Å²) in [6.45, 7) is 2.11. The van der Waals surface area contributed by atoms with Gasteiger partial charge in [0, 0.05) is 0 Å². The van der Waals surface area contributed by atoms with Crippen molar-refractivity contribution in [3.05, 3.63) is 92.3 Å². The summed E-state index contributed by atoms with van der Waals surface area (Å²) in [5.74, 6) is -0.958. The Morgan fingerprint density at radius 3 is 2.47 bits per heavy atom. The summed E-state index contributed by atoms with van der Waals surface area (Å²) in [7, 11) is 1.48. The standard InChI is InChI=1S/C27H22FIN2O5/c1-3-18-6-4-5-7-22(18)31-26(33)20(25(32)30-27(31)34)12-17-13-21(29)24(23(14-17)35-2)36-15-16-8-10-19(28)11-9-16/h4-14H,3,15H2,1-2H3,(H,30,32,34)/b20-12-. The van der Waals surface area contributed by atoms with Crippen molar-refractivity contribution < 1.29 is 28.2 Å². The van der Waals surface area contributed by atoms with Crippen LogP contribution in [-0.4, -0.2) is 25.0 Å². The molecule has 0 spiro atoms. The van der Waals surface area contributed by atoms with E-state index in [1.807, 2.05) is 19.1 Å². The number of nitrogens with zero attached hydrogens (tertiary/aromatic N) is 1. The molecule has 1 saturated heterocycles. The number of hydrogen-bond donors (Lipinski definition) is 1. The van der Waals surface area contributed by atoms with Crippen LogP contribution in [0.3, 0.4) is 0 Å². The minimum atomic E-state index is -0.792. The maximum Gasteiger partial charge on any atom is 0.335 e. The molecule has 7 nitrogen and oxygen atoms in total. The predicted octanol–water partition coefficient (Wildman–Crippen LogP) is 5.25. The van der Waals surface area contributed by atoms with Crippen LogP contribution in [0, 0.1) is 9.39 Å². The number of urea groups is 1. The molecule has 184 valence electrons. The molecular weight excluding hydrogens is 578 g/mol. The van der Waals surface area contributed by atoms with E-state index >= 15 is 0 Å². The molecule has 1 heterocycles. The van der Waals surface area contributed by atoms with Crippen molar-refractivity contribution in [2.24, 2.45) is 0 Å². The SMILES string of the molecule is CCc1ccccc1N1C(=O)NC(=O)/C(=C/c2cc(I)c(OCc3ccc(F)cc3)c(OC)c2)C1=O. The molecule has 1 N–H and O–H groups in total. The molecule has 0 aromatic heterocycles. The Kier molecular flexibility index (Phi) is 7.68. The van der Waals surface area contributed by atoms with Crippen LogP contribution >= 0.6 is 22.6 Å². The van der Waals surface area contributed by atoms with Crippen molar-refractivity contribution in [2.75, 3.05) is 12.0 Å². The third-order valence-electron chi connectivity index (χ3n) is 5.57. The number of ether oxygens (including phenoxy) is 2. The van der Waals surface area contributed by atoms with Gasteiger partial charge in [-0.1, -0.05) is 37.3 Å². The van der Waals surface area contributed by atoms with Gasteiger partial charge in [0.05, 0.1) is 16.4 Å². The summed E-state index contributed by atoms with van der Waals surface area (Å²) in [4.78, 5) is 39.5. The number of halogens is 2. The maximum absolute atomic E-state index is 13.3. The van der Waals surface area contributed by atoms with Gasteiger partial charge in [0.25, 0.3) is 11.8 Å². The Hall–Kier alpha value is -3.73. The third-order valence-corrected chi connectivity index (χ3v) is 6.38. The Bertz CT molecular complexity index is 1370. The molecule has 36 heavy (non-hydrogen) atoms. The van der Waals surface area contributed by atoms with E-state index in [0.717, 1.165) is 16.0 Å². The highest BCUT2D eigenvalue weighted by Gasteiger charge is 2.37. The fourth-order valence-corrected chi connectivity index (χ4v) is 4.55. The van der Waals surface area contributed by atoms with Gasteiger partial charge in [-0.25, -0.2) is 14.1 Å². The van der Waals surface area contributed by atoms with Gasteiger partial charge >= 0.3 is 6.03 Å². The van der Waals surface area contributed by atoms with E-state index in [4.69, 9.17) is 9.47 Å². The second-order valence-corrected chi connectivity index (χ2v) is 9.05. The average Bonchev–Trinajstić information content (AvgIpc) is 2.86. The molecule has 1 fully saturated rings. The summed E-state index contributed by atoms with van der Waals surface area (Å²) in [5.41, 5.74) is 2.34.